The van der Waals surface area contributed by atoms with E-state index in [2.05, 4.69) is 10.3 Å². The van der Waals surface area contributed by atoms with Gasteiger partial charge in [-0.2, -0.15) is 0 Å². The first-order valence-corrected chi connectivity index (χ1v) is 6.29. The summed E-state index contributed by atoms with van der Waals surface area (Å²) < 4.78 is 0. The Kier molecular flexibility index (Phi) is 3.76. The van der Waals surface area contributed by atoms with Crippen molar-refractivity contribution in [1.29, 1.82) is 0 Å². The highest BCUT2D eigenvalue weighted by Crippen LogP contribution is 2.17. The smallest absolute Gasteiger partial charge is 0.230 e. The SMILES string of the molecule is Cc1cnc(NC(=O)Cc2ccc(Cl)cc2)s1. The molecule has 1 heterocycles. The molecule has 1 aromatic carbocycles. The standard InChI is InChI=1S/C12H11ClN2OS/c1-8-7-14-12(17-8)15-11(16)6-9-2-4-10(13)5-3-9/h2-5,7H,6H2,1H3,(H,14,15,16). The maximum Gasteiger partial charge on any atom is 0.230 e. The molecule has 2 aromatic rings. The molecule has 0 saturated heterocycles. The molecule has 0 fully saturated rings. The molecular weight excluding hydrogens is 256 g/mol. The Bertz CT molecular complexity index is 522. The number of aryl methyl sites for hydroxylation is 1. The van der Waals surface area contributed by atoms with Gasteiger partial charge in [0.15, 0.2) is 5.13 Å². The largest absolute Gasteiger partial charge is 0.302 e. The number of carbonyl (C=O) groups is 1. The number of rotatable bonds is 3. The maximum absolute atomic E-state index is 11.7. The minimum Gasteiger partial charge on any atom is -0.302 e. The maximum atomic E-state index is 11.7. The normalized spacial score (nSPS) is 10.2. The summed E-state index contributed by atoms with van der Waals surface area (Å²) in [6.45, 7) is 1.95. The summed E-state index contributed by atoms with van der Waals surface area (Å²) in [4.78, 5) is 16.9. The topological polar surface area (TPSA) is 42.0 Å². The molecule has 0 bridgehead atoms. The Balaban J connectivity index is 1.95. The van der Waals surface area contributed by atoms with Gasteiger partial charge < -0.3 is 5.32 Å². The van der Waals surface area contributed by atoms with E-state index in [1.165, 1.54) is 11.3 Å². The Morgan fingerprint density at radius 2 is 2.12 bits per heavy atom. The molecule has 1 N–H and O–H groups in total. The lowest BCUT2D eigenvalue weighted by atomic mass is 10.1. The summed E-state index contributed by atoms with van der Waals surface area (Å²) in [6.07, 6.45) is 2.07. The zero-order valence-corrected chi connectivity index (χ0v) is 10.8. The van der Waals surface area contributed by atoms with Crippen molar-refractivity contribution < 1.29 is 4.79 Å². The molecule has 0 radical (unpaired) electrons. The van der Waals surface area contributed by atoms with Gasteiger partial charge in [0.25, 0.3) is 0 Å². The third kappa shape index (κ3) is 3.54. The number of nitrogens with zero attached hydrogens (tertiary/aromatic N) is 1. The van der Waals surface area contributed by atoms with Crippen molar-refractivity contribution in [2.24, 2.45) is 0 Å². The fraction of sp³-hybridized carbons (Fsp3) is 0.167. The number of benzene rings is 1. The average molecular weight is 267 g/mol. The van der Waals surface area contributed by atoms with Gasteiger partial charge in [-0.25, -0.2) is 4.98 Å². The lowest BCUT2D eigenvalue weighted by Crippen LogP contribution is -2.13. The van der Waals surface area contributed by atoms with Crippen LogP contribution in [0.1, 0.15) is 10.4 Å². The van der Waals surface area contributed by atoms with E-state index in [1.807, 2.05) is 19.1 Å². The highest BCUT2D eigenvalue weighted by Gasteiger charge is 2.06. The molecule has 2 rings (SSSR count). The molecule has 0 aliphatic carbocycles. The number of thiazole rings is 1. The molecule has 0 aliphatic rings. The fourth-order valence-electron chi connectivity index (χ4n) is 1.36. The van der Waals surface area contributed by atoms with Crippen LogP contribution in [-0.2, 0) is 11.2 Å². The summed E-state index contributed by atoms with van der Waals surface area (Å²) >= 11 is 7.24. The molecule has 17 heavy (non-hydrogen) atoms. The zero-order chi connectivity index (χ0) is 12.3. The van der Waals surface area contributed by atoms with E-state index in [9.17, 15) is 4.79 Å². The van der Waals surface area contributed by atoms with Crippen molar-refractivity contribution in [2.45, 2.75) is 13.3 Å². The quantitative estimate of drug-likeness (QED) is 0.926. The molecule has 5 heteroatoms. The Morgan fingerprint density at radius 3 is 2.71 bits per heavy atom. The third-order valence-electron chi connectivity index (χ3n) is 2.15. The molecule has 88 valence electrons. The highest BCUT2D eigenvalue weighted by atomic mass is 35.5. The fourth-order valence-corrected chi connectivity index (χ4v) is 2.17. The second-order valence-electron chi connectivity index (χ2n) is 3.63. The number of hydrogen-bond acceptors (Lipinski definition) is 3. The van der Waals surface area contributed by atoms with Gasteiger partial charge >= 0.3 is 0 Å². The molecular formula is C12H11ClN2OS. The van der Waals surface area contributed by atoms with Crippen molar-refractivity contribution in [2.75, 3.05) is 5.32 Å². The van der Waals surface area contributed by atoms with Gasteiger partial charge in [0, 0.05) is 16.1 Å². The van der Waals surface area contributed by atoms with Crippen molar-refractivity contribution in [3.05, 3.63) is 45.9 Å². The number of anilines is 1. The molecule has 0 aliphatic heterocycles. The first-order valence-electron chi connectivity index (χ1n) is 5.10. The van der Waals surface area contributed by atoms with Crippen molar-refractivity contribution >= 4 is 34.0 Å². The van der Waals surface area contributed by atoms with Gasteiger partial charge in [0.05, 0.1) is 6.42 Å². The van der Waals surface area contributed by atoms with Crippen LogP contribution in [0.4, 0.5) is 5.13 Å². The second kappa shape index (κ2) is 5.29. The average Bonchev–Trinajstić information content (AvgIpc) is 2.67. The first-order chi connectivity index (χ1) is 8.13. The summed E-state index contributed by atoms with van der Waals surface area (Å²) in [5, 5.41) is 4.07. The van der Waals surface area contributed by atoms with E-state index in [4.69, 9.17) is 11.6 Å². The van der Waals surface area contributed by atoms with Crippen LogP contribution in [0.3, 0.4) is 0 Å². The van der Waals surface area contributed by atoms with E-state index in [0.29, 0.717) is 16.6 Å². The van der Waals surface area contributed by atoms with E-state index in [0.717, 1.165) is 10.4 Å². The lowest BCUT2D eigenvalue weighted by molar-refractivity contribution is -0.115. The third-order valence-corrected chi connectivity index (χ3v) is 3.23. The Morgan fingerprint density at radius 1 is 1.41 bits per heavy atom. The van der Waals surface area contributed by atoms with Gasteiger partial charge in [-0.1, -0.05) is 23.7 Å². The second-order valence-corrected chi connectivity index (χ2v) is 5.30. The van der Waals surface area contributed by atoms with Gasteiger partial charge in [0.2, 0.25) is 5.91 Å². The van der Waals surface area contributed by atoms with Crippen molar-refractivity contribution in [3.8, 4) is 0 Å². The van der Waals surface area contributed by atoms with Gasteiger partial charge in [-0.15, -0.1) is 11.3 Å². The van der Waals surface area contributed by atoms with Crippen LogP contribution in [0, 0.1) is 6.92 Å². The predicted octanol–water partition coefficient (Wildman–Crippen LogP) is 3.29. The number of carbonyl (C=O) groups excluding carboxylic acids is 1. The summed E-state index contributed by atoms with van der Waals surface area (Å²) in [5.74, 6) is -0.0679. The van der Waals surface area contributed by atoms with Gasteiger partial charge in [0.1, 0.15) is 0 Å². The minimum atomic E-state index is -0.0679. The van der Waals surface area contributed by atoms with Crippen LogP contribution in [0.15, 0.2) is 30.5 Å². The first kappa shape index (κ1) is 12.1. The van der Waals surface area contributed by atoms with Crippen LogP contribution in [0.2, 0.25) is 5.02 Å². The highest BCUT2D eigenvalue weighted by molar-refractivity contribution is 7.15. The monoisotopic (exact) mass is 266 g/mol. The van der Waals surface area contributed by atoms with E-state index >= 15 is 0 Å². The summed E-state index contributed by atoms with van der Waals surface area (Å²) in [6, 6.07) is 7.24. The van der Waals surface area contributed by atoms with Crippen LogP contribution in [0.5, 0.6) is 0 Å². The predicted molar refractivity (Wildman–Crippen MR) is 70.6 cm³/mol. The molecule has 0 unspecified atom stereocenters. The number of hydrogen-bond donors (Lipinski definition) is 1. The van der Waals surface area contributed by atoms with Crippen molar-refractivity contribution in [1.82, 2.24) is 4.98 Å². The molecule has 1 amide bonds. The molecule has 0 saturated carbocycles. The molecule has 0 atom stereocenters. The van der Waals surface area contributed by atoms with E-state index in [1.54, 1.807) is 18.3 Å². The molecule has 0 spiro atoms. The van der Waals surface area contributed by atoms with Crippen LogP contribution in [-0.4, -0.2) is 10.9 Å². The van der Waals surface area contributed by atoms with E-state index in [-0.39, 0.29) is 5.91 Å². The number of halogens is 1. The van der Waals surface area contributed by atoms with Crippen LogP contribution >= 0.6 is 22.9 Å². The minimum absolute atomic E-state index is 0.0679. The van der Waals surface area contributed by atoms with Crippen LogP contribution < -0.4 is 5.32 Å². The number of nitrogens with one attached hydrogen (secondary N) is 1. The summed E-state index contributed by atoms with van der Waals surface area (Å²) in [5.41, 5.74) is 0.931. The Labute approximate surface area is 108 Å². The van der Waals surface area contributed by atoms with Crippen molar-refractivity contribution in [3.63, 3.8) is 0 Å². The number of amides is 1. The molecule has 1 aromatic heterocycles. The summed E-state index contributed by atoms with van der Waals surface area (Å²) in [7, 11) is 0. The Hall–Kier alpha value is -1.39. The van der Waals surface area contributed by atoms with Gasteiger partial charge in [-0.05, 0) is 24.6 Å². The van der Waals surface area contributed by atoms with Gasteiger partial charge in [-0.3, -0.25) is 4.79 Å². The lowest BCUT2D eigenvalue weighted by Gasteiger charge is -2.01. The number of aromatic nitrogens is 1. The molecule has 3 nitrogen and oxygen atoms in total. The van der Waals surface area contributed by atoms with E-state index < -0.39 is 0 Å². The van der Waals surface area contributed by atoms with Crippen LogP contribution in [0.25, 0.3) is 0 Å². The zero-order valence-electron chi connectivity index (χ0n) is 9.24.